The minimum absolute atomic E-state index is 0.162. The zero-order valence-electron chi connectivity index (χ0n) is 66.2. The molecule has 4 aliphatic rings. The summed E-state index contributed by atoms with van der Waals surface area (Å²) in [6.45, 7) is 52.2. The second kappa shape index (κ2) is 36.2. The second-order valence-corrected chi connectivity index (χ2v) is 32.3. The molecular weight excluding hydrogens is 1230 g/mol. The van der Waals surface area contributed by atoms with Gasteiger partial charge in [0.2, 0.25) is 0 Å². The van der Waals surface area contributed by atoms with E-state index < -0.39 is 18.2 Å². The Morgan fingerprint density at radius 1 is 0.263 bits per heavy atom. The van der Waals surface area contributed by atoms with Crippen LogP contribution in [0, 0.1) is 201 Å². The smallest absolute Gasteiger partial charge is 0.266 e. The molecule has 7 heteroatoms. The van der Waals surface area contributed by atoms with Crippen molar-refractivity contribution in [2.45, 2.75) is 326 Å². The van der Waals surface area contributed by atoms with Crippen LogP contribution in [0.1, 0.15) is 287 Å². The minimum atomic E-state index is -1.56. The molecular formula is C92H130F6O. The van der Waals surface area contributed by atoms with Crippen molar-refractivity contribution < 1.29 is 31.1 Å². The third kappa shape index (κ3) is 19.5. The van der Waals surface area contributed by atoms with Crippen molar-refractivity contribution in [3.63, 3.8) is 0 Å². The number of ether oxygens (including phenoxy) is 1. The lowest BCUT2D eigenvalue weighted by Gasteiger charge is -2.38. The molecule has 5 aromatic rings. The molecule has 0 heterocycles. The van der Waals surface area contributed by atoms with Gasteiger partial charge in [0, 0.05) is 0 Å². The van der Waals surface area contributed by atoms with Gasteiger partial charge in [-0.1, -0.05) is 38.5 Å². The largest absolute Gasteiger partial charge is 0.490 e. The topological polar surface area (TPSA) is 9.23 Å². The molecule has 99 heavy (non-hydrogen) atoms. The van der Waals surface area contributed by atoms with Crippen LogP contribution in [-0.4, -0.2) is 6.10 Å². The summed E-state index contributed by atoms with van der Waals surface area (Å²) < 4.78 is 80.8. The lowest BCUT2D eigenvalue weighted by molar-refractivity contribution is 0.129. The van der Waals surface area contributed by atoms with Crippen molar-refractivity contribution in [3.8, 4) is 28.0 Å². The Morgan fingerprint density at radius 2 is 0.505 bits per heavy atom. The first kappa shape index (κ1) is 81.0. The average molecular weight is 1370 g/mol. The molecule has 0 amide bonds. The standard InChI is InChI=1S/C34H48F2.C30H40F2O.C28H42F2/c1-20-21(2)25(6)33(26(7)22(20)3)34-27(8)23(4)31(24(5)28(34)9)13-11-10-12-29-14-16-30(17-15-29)18-19-32(35)36;1-16-17(2)19(4)28(20(5)18(16)3)29-21(6)23(8)30(24(9)22(29)7)33-26-13-10-25(11-14-26)12-15-27(31)32;1-18-19(2)21(4)27(22(5)20(18)3)16-10-23-6-12-25(13-7-23)26-14-8-24(9-15-26)11-17-28(29)30/h19,29-30H,10-18H2,1-9H3;15,25-26H,10-14H2,1-9H3;17,23-26H,6-16H2,1-5H3. The summed E-state index contributed by atoms with van der Waals surface area (Å²) >= 11 is 0. The molecule has 0 N–H and O–H groups in total. The summed E-state index contributed by atoms with van der Waals surface area (Å²) in [7, 11) is 0. The SMILES string of the molecule is Cc1c(C)c(C)c(-c2c(C)c(C)c(CCCCC3CCC(CC=C(F)F)CC3)c(C)c2C)c(C)c1C.Cc1c(C)c(C)c(-c2c(C)c(C)c(OC3CCC(CC=C(F)F)CC3)c(C)c2C)c(C)c1C.Cc1c(C)c(C)c(CCC2CCC(C3CCC(CC=C(F)F)CC3)CC2)c(C)c1C. The van der Waals surface area contributed by atoms with E-state index in [-0.39, 0.29) is 6.10 Å². The molecule has 0 saturated heterocycles. The summed E-state index contributed by atoms with van der Waals surface area (Å²) in [5, 5.41) is 0. The number of halogens is 6. The van der Waals surface area contributed by atoms with Crippen LogP contribution < -0.4 is 4.74 Å². The minimum Gasteiger partial charge on any atom is -0.490 e. The first-order valence-corrected chi connectivity index (χ1v) is 38.8. The van der Waals surface area contributed by atoms with E-state index in [4.69, 9.17) is 4.74 Å². The van der Waals surface area contributed by atoms with Crippen LogP contribution in [-0.2, 0) is 12.8 Å². The maximum Gasteiger partial charge on any atom is 0.266 e. The highest BCUT2D eigenvalue weighted by molar-refractivity contribution is 5.83. The molecule has 0 aliphatic heterocycles. The number of unbranched alkanes of at least 4 members (excludes halogenated alkanes) is 1. The van der Waals surface area contributed by atoms with Crippen molar-refractivity contribution >= 4 is 0 Å². The molecule has 0 aromatic heterocycles. The summed E-state index contributed by atoms with van der Waals surface area (Å²) in [5.74, 6) is 5.73. The Balaban J connectivity index is 0.000000210. The molecule has 9 rings (SSSR count). The molecule has 4 saturated carbocycles. The Bertz CT molecular complexity index is 3560. The first-order valence-electron chi connectivity index (χ1n) is 38.8. The Kier molecular flexibility index (Phi) is 29.6. The van der Waals surface area contributed by atoms with Gasteiger partial charge in [-0.2, -0.15) is 26.3 Å². The van der Waals surface area contributed by atoms with Crippen molar-refractivity contribution in [2.24, 2.45) is 41.4 Å². The normalized spacial score (nSPS) is 20.9. The van der Waals surface area contributed by atoms with Gasteiger partial charge in [0.15, 0.2) is 0 Å². The zero-order chi connectivity index (χ0) is 73.2. The predicted molar refractivity (Wildman–Crippen MR) is 412 cm³/mol. The molecule has 5 aromatic carbocycles. The molecule has 0 radical (unpaired) electrons. The molecule has 0 spiro atoms. The van der Waals surface area contributed by atoms with Crippen molar-refractivity contribution in [1.29, 1.82) is 0 Å². The van der Waals surface area contributed by atoms with E-state index in [0.717, 1.165) is 105 Å². The fraction of sp³-hybridized carbons (Fsp3) is 0.609. The van der Waals surface area contributed by atoms with Crippen LogP contribution in [0.4, 0.5) is 26.3 Å². The van der Waals surface area contributed by atoms with Crippen LogP contribution in [0.5, 0.6) is 5.75 Å². The summed E-state index contributed by atoms with van der Waals surface area (Å²) in [6.07, 6.45) is 26.9. The van der Waals surface area contributed by atoms with E-state index in [9.17, 15) is 26.3 Å². The summed E-state index contributed by atoms with van der Waals surface area (Å²) in [5.41, 5.74) is 41.1. The maximum absolute atomic E-state index is 12.4. The Hall–Kier alpha value is -5.30. The molecule has 0 atom stereocenters. The highest BCUT2D eigenvalue weighted by Crippen LogP contribution is 2.47. The highest BCUT2D eigenvalue weighted by Gasteiger charge is 2.32. The van der Waals surface area contributed by atoms with E-state index in [0.29, 0.717) is 37.0 Å². The van der Waals surface area contributed by atoms with E-state index >= 15 is 0 Å². The van der Waals surface area contributed by atoms with Gasteiger partial charge < -0.3 is 4.74 Å². The number of benzene rings is 5. The van der Waals surface area contributed by atoms with Crippen molar-refractivity contribution in [1.82, 2.24) is 0 Å². The Morgan fingerprint density at radius 3 is 0.848 bits per heavy atom. The van der Waals surface area contributed by atoms with Crippen LogP contribution >= 0.6 is 0 Å². The highest BCUT2D eigenvalue weighted by atomic mass is 19.3. The monoisotopic (exact) mass is 1370 g/mol. The van der Waals surface area contributed by atoms with Gasteiger partial charge in [-0.15, -0.1) is 0 Å². The van der Waals surface area contributed by atoms with Crippen LogP contribution in [0.2, 0.25) is 0 Å². The van der Waals surface area contributed by atoms with Crippen LogP contribution in [0.15, 0.2) is 36.5 Å². The summed E-state index contributed by atoms with van der Waals surface area (Å²) in [4.78, 5) is 0. The van der Waals surface area contributed by atoms with E-state index in [1.807, 2.05) is 0 Å². The molecule has 0 bridgehead atoms. The molecule has 546 valence electrons. The third-order valence-corrected chi connectivity index (χ3v) is 27.4. The van der Waals surface area contributed by atoms with Gasteiger partial charge in [-0.25, -0.2) is 0 Å². The lowest BCUT2D eigenvalue weighted by Crippen LogP contribution is -2.26. The number of hydrogen-bond acceptors (Lipinski definition) is 1. The van der Waals surface area contributed by atoms with E-state index in [1.54, 1.807) is 11.1 Å². The van der Waals surface area contributed by atoms with Crippen LogP contribution in [0.25, 0.3) is 22.3 Å². The van der Waals surface area contributed by atoms with Gasteiger partial charge in [-0.3, -0.25) is 0 Å². The van der Waals surface area contributed by atoms with Crippen molar-refractivity contribution in [3.05, 3.63) is 176 Å². The molecule has 0 unspecified atom stereocenters. The fourth-order valence-corrected chi connectivity index (χ4v) is 18.8. The lowest BCUT2D eigenvalue weighted by atomic mass is 9.68. The second-order valence-electron chi connectivity index (χ2n) is 32.3. The number of rotatable bonds is 19. The van der Waals surface area contributed by atoms with Gasteiger partial charge in [0.25, 0.3) is 18.2 Å². The molecule has 4 aliphatic carbocycles. The molecule has 4 fully saturated rings. The number of allylic oxidation sites excluding steroid dienone is 3. The summed E-state index contributed by atoms with van der Waals surface area (Å²) in [6, 6.07) is 0. The van der Waals surface area contributed by atoms with Gasteiger partial charge >= 0.3 is 0 Å². The average Bonchev–Trinajstić information content (AvgIpc) is 0.742. The van der Waals surface area contributed by atoms with Crippen LogP contribution in [0.3, 0.4) is 0 Å². The maximum atomic E-state index is 12.4. The quantitative estimate of drug-likeness (QED) is 0.0591. The third-order valence-electron chi connectivity index (χ3n) is 27.4. The van der Waals surface area contributed by atoms with Gasteiger partial charge in [0.1, 0.15) is 5.75 Å². The van der Waals surface area contributed by atoms with E-state index in [2.05, 4.69) is 159 Å². The molecule has 1 nitrogen and oxygen atoms in total. The van der Waals surface area contributed by atoms with Crippen molar-refractivity contribution in [2.75, 3.05) is 0 Å². The van der Waals surface area contributed by atoms with Gasteiger partial charge in [0.05, 0.1) is 6.10 Å². The van der Waals surface area contributed by atoms with E-state index in [1.165, 1.54) is 234 Å². The van der Waals surface area contributed by atoms with Gasteiger partial charge in [-0.05, 0) is 502 Å². The predicted octanol–water partition coefficient (Wildman–Crippen LogP) is 29.0. The first-order chi connectivity index (χ1) is 46.7. The fourth-order valence-electron chi connectivity index (χ4n) is 18.8. The Labute approximate surface area is 598 Å². The number of hydrogen-bond donors (Lipinski definition) is 0. The zero-order valence-corrected chi connectivity index (χ0v) is 66.2.